The van der Waals surface area contributed by atoms with Gasteiger partial charge < -0.3 is 9.64 Å². The third-order valence-electron chi connectivity index (χ3n) is 3.86. The number of nitrogens with zero attached hydrogens (tertiary/aromatic N) is 1. The molecule has 0 N–H and O–H groups in total. The SMILES string of the molecule is CN(Cc1ccc(COc2ccccc2)cc1)c1ccc(Cl)cc1. The first-order valence-electron chi connectivity index (χ1n) is 7.93. The molecule has 0 radical (unpaired) electrons. The van der Waals surface area contributed by atoms with Crippen LogP contribution < -0.4 is 9.64 Å². The Morgan fingerprint density at radius 1 is 0.792 bits per heavy atom. The highest BCUT2D eigenvalue weighted by molar-refractivity contribution is 6.30. The van der Waals surface area contributed by atoms with Crippen LogP contribution in [0.15, 0.2) is 78.9 Å². The van der Waals surface area contributed by atoms with Crippen molar-refractivity contribution in [3.8, 4) is 5.75 Å². The first-order chi connectivity index (χ1) is 11.7. The predicted octanol–water partition coefficient (Wildman–Crippen LogP) is 5.56. The highest BCUT2D eigenvalue weighted by atomic mass is 35.5. The van der Waals surface area contributed by atoms with Crippen molar-refractivity contribution in [3.05, 3.63) is 95.0 Å². The summed E-state index contributed by atoms with van der Waals surface area (Å²) in [5.74, 6) is 0.893. The number of hydrogen-bond acceptors (Lipinski definition) is 2. The fourth-order valence-electron chi connectivity index (χ4n) is 2.49. The number of benzene rings is 3. The molecular weight excluding hydrogens is 318 g/mol. The maximum Gasteiger partial charge on any atom is 0.119 e. The van der Waals surface area contributed by atoms with Crippen LogP contribution in [0.5, 0.6) is 5.75 Å². The van der Waals surface area contributed by atoms with Gasteiger partial charge in [0.05, 0.1) is 0 Å². The lowest BCUT2D eigenvalue weighted by atomic mass is 10.1. The molecule has 0 aliphatic carbocycles. The average molecular weight is 338 g/mol. The summed E-state index contributed by atoms with van der Waals surface area (Å²) in [6.45, 7) is 1.43. The van der Waals surface area contributed by atoms with Gasteiger partial charge in [-0.2, -0.15) is 0 Å². The maximum atomic E-state index is 5.94. The van der Waals surface area contributed by atoms with E-state index in [-0.39, 0.29) is 0 Å². The number of anilines is 1. The van der Waals surface area contributed by atoms with Gasteiger partial charge in [0.25, 0.3) is 0 Å². The highest BCUT2D eigenvalue weighted by Gasteiger charge is 2.03. The summed E-state index contributed by atoms with van der Waals surface area (Å²) in [5, 5.41) is 0.759. The summed E-state index contributed by atoms with van der Waals surface area (Å²) >= 11 is 5.94. The number of ether oxygens (including phenoxy) is 1. The zero-order valence-corrected chi connectivity index (χ0v) is 14.4. The second-order valence-electron chi connectivity index (χ2n) is 5.75. The largest absolute Gasteiger partial charge is 0.489 e. The predicted molar refractivity (Wildman–Crippen MR) is 101 cm³/mol. The number of para-hydroxylation sites is 1. The van der Waals surface area contributed by atoms with Crippen LogP contribution in [0.1, 0.15) is 11.1 Å². The van der Waals surface area contributed by atoms with E-state index in [0.29, 0.717) is 6.61 Å². The lowest BCUT2D eigenvalue weighted by molar-refractivity contribution is 0.306. The third-order valence-corrected chi connectivity index (χ3v) is 4.11. The van der Waals surface area contributed by atoms with Crippen LogP contribution in [0.2, 0.25) is 5.02 Å². The Bertz CT molecular complexity index is 754. The Morgan fingerprint density at radius 2 is 1.42 bits per heavy atom. The second kappa shape index (κ2) is 7.89. The molecule has 3 rings (SSSR count). The molecule has 3 heteroatoms. The minimum atomic E-state index is 0.581. The quantitative estimate of drug-likeness (QED) is 0.584. The van der Waals surface area contributed by atoms with Crippen LogP contribution in [0.25, 0.3) is 0 Å². The number of rotatable bonds is 6. The van der Waals surface area contributed by atoms with E-state index < -0.39 is 0 Å². The van der Waals surface area contributed by atoms with E-state index in [0.717, 1.165) is 28.6 Å². The average Bonchev–Trinajstić information content (AvgIpc) is 2.62. The van der Waals surface area contributed by atoms with Crippen molar-refractivity contribution in [2.45, 2.75) is 13.2 Å². The Labute approximate surface area is 148 Å². The molecule has 0 saturated carbocycles. The van der Waals surface area contributed by atoms with Crippen molar-refractivity contribution in [1.82, 2.24) is 0 Å². The molecule has 122 valence electrons. The van der Waals surface area contributed by atoms with Gasteiger partial charge in [-0.1, -0.05) is 54.1 Å². The van der Waals surface area contributed by atoms with Crippen molar-refractivity contribution < 1.29 is 4.74 Å². The molecule has 0 saturated heterocycles. The first-order valence-corrected chi connectivity index (χ1v) is 8.31. The zero-order chi connectivity index (χ0) is 16.8. The van der Waals surface area contributed by atoms with Gasteiger partial charge in [-0.15, -0.1) is 0 Å². The molecule has 0 heterocycles. The molecule has 2 nitrogen and oxygen atoms in total. The van der Waals surface area contributed by atoms with Crippen molar-refractivity contribution in [2.75, 3.05) is 11.9 Å². The Balaban J connectivity index is 1.57. The highest BCUT2D eigenvalue weighted by Crippen LogP contribution is 2.19. The van der Waals surface area contributed by atoms with E-state index in [2.05, 4.69) is 36.2 Å². The Hall–Kier alpha value is -2.45. The summed E-state index contributed by atoms with van der Waals surface area (Å²) in [4.78, 5) is 2.20. The zero-order valence-electron chi connectivity index (χ0n) is 13.7. The van der Waals surface area contributed by atoms with E-state index in [1.54, 1.807) is 0 Å². The van der Waals surface area contributed by atoms with Crippen molar-refractivity contribution in [2.24, 2.45) is 0 Å². The normalized spacial score (nSPS) is 10.4. The molecule has 24 heavy (non-hydrogen) atoms. The molecule has 3 aromatic rings. The molecule has 3 aromatic carbocycles. The molecule has 0 aliphatic rings. The van der Waals surface area contributed by atoms with Gasteiger partial charge in [0.15, 0.2) is 0 Å². The van der Waals surface area contributed by atoms with Gasteiger partial charge in [-0.05, 0) is 47.5 Å². The smallest absolute Gasteiger partial charge is 0.119 e. The summed E-state index contributed by atoms with van der Waals surface area (Å²) in [7, 11) is 2.08. The molecular formula is C21H20ClNO. The molecule has 0 aliphatic heterocycles. The summed E-state index contributed by atoms with van der Waals surface area (Å²) in [5.41, 5.74) is 3.57. The summed E-state index contributed by atoms with van der Waals surface area (Å²) < 4.78 is 5.77. The van der Waals surface area contributed by atoms with Crippen molar-refractivity contribution in [3.63, 3.8) is 0 Å². The van der Waals surface area contributed by atoms with Crippen LogP contribution in [-0.2, 0) is 13.2 Å². The topological polar surface area (TPSA) is 12.5 Å². The van der Waals surface area contributed by atoms with E-state index in [1.165, 1.54) is 5.56 Å². The van der Waals surface area contributed by atoms with Gasteiger partial charge in [-0.3, -0.25) is 0 Å². The third kappa shape index (κ3) is 4.53. The van der Waals surface area contributed by atoms with Crippen LogP contribution in [-0.4, -0.2) is 7.05 Å². The molecule has 0 amide bonds. The number of hydrogen-bond donors (Lipinski definition) is 0. The van der Waals surface area contributed by atoms with Crippen LogP contribution in [0.3, 0.4) is 0 Å². The second-order valence-corrected chi connectivity index (χ2v) is 6.19. The monoisotopic (exact) mass is 337 g/mol. The van der Waals surface area contributed by atoms with Gasteiger partial charge in [-0.25, -0.2) is 0 Å². The van der Waals surface area contributed by atoms with Gasteiger partial charge >= 0.3 is 0 Å². The first kappa shape index (κ1) is 16.4. The molecule has 0 fully saturated rings. The minimum absolute atomic E-state index is 0.581. The van der Waals surface area contributed by atoms with Crippen molar-refractivity contribution >= 4 is 17.3 Å². The van der Waals surface area contributed by atoms with Gasteiger partial charge in [0.2, 0.25) is 0 Å². The minimum Gasteiger partial charge on any atom is -0.489 e. The van der Waals surface area contributed by atoms with Crippen LogP contribution in [0, 0.1) is 0 Å². The van der Waals surface area contributed by atoms with Gasteiger partial charge in [0, 0.05) is 24.3 Å². The Morgan fingerprint density at radius 3 is 2.08 bits per heavy atom. The van der Waals surface area contributed by atoms with Crippen molar-refractivity contribution in [1.29, 1.82) is 0 Å². The van der Waals surface area contributed by atoms with Crippen LogP contribution in [0.4, 0.5) is 5.69 Å². The standard InChI is InChI=1S/C21H20ClNO/c1-23(20-13-11-19(22)12-14-20)15-17-7-9-18(10-8-17)16-24-21-5-3-2-4-6-21/h2-14H,15-16H2,1H3. The summed E-state index contributed by atoms with van der Waals surface area (Å²) in [6.07, 6.45) is 0. The molecule has 0 atom stereocenters. The molecule has 0 unspecified atom stereocenters. The van der Waals surface area contributed by atoms with E-state index in [4.69, 9.17) is 16.3 Å². The van der Waals surface area contributed by atoms with Crippen LogP contribution >= 0.6 is 11.6 Å². The number of halogens is 1. The lowest BCUT2D eigenvalue weighted by Gasteiger charge is -2.19. The fraction of sp³-hybridized carbons (Fsp3) is 0.143. The van der Waals surface area contributed by atoms with E-state index in [9.17, 15) is 0 Å². The summed E-state index contributed by atoms with van der Waals surface area (Å²) in [6, 6.07) is 26.3. The lowest BCUT2D eigenvalue weighted by Crippen LogP contribution is -2.16. The molecule has 0 aromatic heterocycles. The maximum absolute atomic E-state index is 5.94. The Kier molecular flexibility index (Phi) is 5.39. The molecule has 0 bridgehead atoms. The fourth-order valence-corrected chi connectivity index (χ4v) is 2.61. The molecule has 0 spiro atoms. The van der Waals surface area contributed by atoms with E-state index in [1.807, 2.05) is 54.6 Å². The van der Waals surface area contributed by atoms with E-state index >= 15 is 0 Å². The van der Waals surface area contributed by atoms with Gasteiger partial charge in [0.1, 0.15) is 12.4 Å².